The third-order valence-corrected chi connectivity index (χ3v) is 4.01. The second-order valence-electron chi connectivity index (χ2n) is 4.21. The minimum Gasteiger partial charge on any atom is -0.379 e. The molecular formula is C14H7F5O3S. The molecule has 0 bridgehead atoms. The van der Waals surface area contributed by atoms with Crippen molar-refractivity contribution in [3.8, 4) is 5.75 Å². The van der Waals surface area contributed by atoms with Crippen molar-refractivity contribution in [3.05, 3.63) is 65.5 Å². The molecule has 3 nitrogen and oxygen atoms in total. The van der Waals surface area contributed by atoms with Gasteiger partial charge in [0, 0.05) is 0 Å². The van der Waals surface area contributed by atoms with Gasteiger partial charge in [-0.05, 0) is 17.7 Å². The predicted octanol–water partition coefficient (Wildman–Crippen LogP) is 3.79. The van der Waals surface area contributed by atoms with Gasteiger partial charge < -0.3 is 4.18 Å². The van der Waals surface area contributed by atoms with Crippen molar-refractivity contribution in [2.75, 3.05) is 0 Å². The van der Waals surface area contributed by atoms with Gasteiger partial charge in [0.2, 0.25) is 5.82 Å². The molecule has 0 aliphatic rings. The highest BCUT2D eigenvalue weighted by Crippen LogP contribution is 2.29. The Balaban J connectivity index is 2.53. The van der Waals surface area contributed by atoms with Crippen LogP contribution in [0, 0.1) is 29.1 Å². The van der Waals surface area contributed by atoms with E-state index in [0.29, 0.717) is 5.56 Å². The van der Waals surface area contributed by atoms with Crippen LogP contribution in [-0.4, -0.2) is 8.42 Å². The molecule has 0 atom stereocenters. The lowest BCUT2D eigenvalue weighted by atomic mass is 10.2. The summed E-state index contributed by atoms with van der Waals surface area (Å²) < 4.78 is 94.2. The first-order valence-electron chi connectivity index (χ1n) is 5.87. The van der Waals surface area contributed by atoms with Crippen LogP contribution in [0.2, 0.25) is 0 Å². The van der Waals surface area contributed by atoms with Crippen LogP contribution in [0.1, 0.15) is 5.56 Å². The van der Waals surface area contributed by atoms with Crippen LogP contribution in [0.3, 0.4) is 0 Å². The Kier molecular flexibility index (Phi) is 4.42. The fraction of sp³-hybridized carbons (Fsp3) is 0. The Morgan fingerprint density at radius 1 is 0.826 bits per heavy atom. The van der Waals surface area contributed by atoms with Gasteiger partial charge in [0.25, 0.3) is 0 Å². The van der Waals surface area contributed by atoms with Gasteiger partial charge in [-0.2, -0.15) is 8.42 Å². The van der Waals surface area contributed by atoms with Crippen molar-refractivity contribution in [2.45, 2.75) is 4.90 Å². The minimum absolute atomic E-state index is 0.375. The van der Waals surface area contributed by atoms with E-state index in [1.54, 1.807) is 0 Å². The standard InChI is InChI=1S/C14H7F5O3S/c1-2-7-3-5-8(6-4-7)22-23(20,21)14-12(18)10(16)9(15)11(17)13(14)19/h2-6H,1H2. The van der Waals surface area contributed by atoms with Crippen molar-refractivity contribution in [2.24, 2.45) is 0 Å². The van der Waals surface area contributed by atoms with Gasteiger partial charge in [-0.1, -0.05) is 24.8 Å². The molecule has 2 rings (SSSR count). The van der Waals surface area contributed by atoms with Crippen LogP contribution in [0.15, 0.2) is 35.7 Å². The Morgan fingerprint density at radius 2 is 1.26 bits per heavy atom. The number of halogens is 5. The summed E-state index contributed by atoms with van der Waals surface area (Å²) in [6, 6.07) is 4.99. The highest BCUT2D eigenvalue weighted by molar-refractivity contribution is 7.87. The summed E-state index contributed by atoms with van der Waals surface area (Å²) in [5, 5.41) is 0. The zero-order valence-corrected chi connectivity index (χ0v) is 11.9. The van der Waals surface area contributed by atoms with Crippen molar-refractivity contribution in [1.29, 1.82) is 0 Å². The molecule has 0 fully saturated rings. The van der Waals surface area contributed by atoms with Crippen LogP contribution >= 0.6 is 0 Å². The lowest BCUT2D eigenvalue weighted by Gasteiger charge is -2.10. The van der Waals surface area contributed by atoms with Crippen LogP contribution < -0.4 is 4.18 Å². The van der Waals surface area contributed by atoms with Gasteiger partial charge in [-0.15, -0.1) is 0 Å². The Labute approximate surface area is 127 Å². The van der Waals surface area contributed by atoms with E-state index in [1.807, 2.05) is 0 Å². The molecule has 0 heterocycles. The average molecular weight is 350 g/mol. The molecule has 0 aromatic heterocycles. The number of hydrogen-bond acceptors (Lipinski definition) is 3. The highest BCUT2D eigenvalue weighted by atomic mass is 32.2. The maximum Gasteiger partial charge on any atom is 0.345 e. The van der Waals surface area contributed by atoms with Gasteiger partial charge in [0.1, 0.15) is 5.75 Å². The zero-order chi connectivity index (χ0) is 17.4. The van der Waals surface area contributed by atoms with E-state index in [1.165, 1.54) is 18.2 Å². The van der Waals surface area contributed by atoms with Crippen molar-refractivity contribution < 1.29 is 34.6 Å². The Hall–Kier alpha value is -2.42. The molecule has 0 unspecified atom stereocenters. The number of hydrogen-bond donors (Lipinski definition) is 0. The van der Waals surface area contributed by atoms with Crippen LogP contribution in [-0.2, 0) is 10.1 Å². The fourth-order valence-corrected chi connectivity index (χ4v) is 2.70. The van der Waals surface area contributed by atoms with Gasteiger partial charge in [0.05, 0.1) is 0 Å². The summed E-state index contributed by atoms with van der Waals surface area (Å²) >= 11 is 0. The average Bonchev–Trinajstić information content (AvgIpc) is 2.51. The lowest BCUT2D eigenvalue weighted by molar-refractivity contribution is 0.352. The molecule has 0 N–H and O–H groups in total. The van der Waals surface area contributed by atoms with Gasteiger partial charge in [-0.25, -0.2) is 22.0 Å². The Bertz CT molecular complexity index is 847. The quantitative estimate of drug-likeness (QED) is 0.365. The van der Waals surface area contributed by atoms with Crippen molar-refractivity contribution >= 4 is 16.2 Å². The summed E-state index contributed by atoms with van der Waals surface area (Å²) in [5.74, 6) is -12.6. The Morgan fingerprint density at radius 3 is 1.70 bits per heavy atom. The summed E-state index contributed by atoms with van der Waals surface area (Å²) in [6.45, 7) is 3.46. The molecule has 2 aromatic rings. The van der Waals surface area contributed by atoms with E-state index in [0.717, 1.165) is 12.1 Å². The molecule has 0 aliphatic carbocycles. The summed E-state index contributed by atoms with van der Waals surface area (Å²) in [7, 11) is -5.28. The lowest BCUT2D eigenvalue weighted by Crippen LogP contribution is -2.17. The SMILES string of the molecule is C=Cc1ccc(OS(=O)(=O)c2c(F)c(F)c(F)c(F)c2F)cc1. The smallest absolute Gasteiger partial charge is 0.345 e. The molecule has 122 valence electrons. The molecular weight excluding hydrogens is 343 g/mol. The van der Waals surface area contributed by atoms with E-state index in [2.05, 4.69) is 10.8 Å². The van der Waals surface area contributed by atoms with E-state index in [-0.39, 0.29) is 5.75 Å². The summed E-state index contributed by atoms with van der Waals surface area (Å²) in [4.78, 5) is -2.05. The normalized spacial score (nSPS) is 11.3. The molecule has 0 aliphatic heterocycles. The first-order chi connectivity index (χ1) is 10.7. The molecule has 0 saturated carbocycles. The van der Waals surface area contributed by atoms with Gasteiger partial charge in [0.15, 0.2) is 28.2 Å². The largest absolute Gasteiger partial charge is 0.379 e. The maximum absolute atomic E-state index is 13.5. The van der Waals surface area contributed by atoms with Gasteiger partial charge >= 0.3 is 10.1 Å². The second-order valence-corrected chi connectivity index (χ2v) is 5.69. The second kappa shape index (κ2) is 5.99. The third kappa shape index (κ3) is 3.04. The summed E-state index contributed by atoms with van der Waals surface area (Å²) in [6.07, 6.45) is 1.43. The predicted molar refractivity (Wildman–Crippen MR) is 70.6 cm³/mol. The van der Waals surface area contributed by atoms with Crippen LogP contribution in [0.5, 0.6) is 5.75 Å². The molecule has 0 amide bonds. The molecule has 0 radical (unpaired) electrons. The van der Waals surface area contributed by atoms with Gasteiger partial charge in [-0.3, -0.25) is 0 Å². The monoisotopic (exact) mass is 350 g/mol. The third-order valence-electron chi connectivity index (χ3n) is 2.74. The number of benzene rings is 2. The van der Waals surface area contributed by atoms with Crippen LogP contribution in [0.25, 0.3) is 6.08 Å². The van der Waals surface area contributed by atoms with E-state index in [4.69, 9.17) is 0 Å². The number of rotatable bonds is 4. The molecule has 9 heteroatoms. The fourth-order valence-electron chi connectivity index (χ4n) is 1.63. The van der Waals surface area contributed by atoms with E-state index in [9.17, 15) is 30.4 Å². The topological polar surface area (TPSA) is 43.4 Å². The van der Waals surface area contributed by atoms with E-state index >= 15 is 0 Å². The molecule has 0 spiro atoms. The van der Waals surface area contributed by atoms with Crippen molar-refractivity contribution in [1.82, 2.24) is 0 Å². The minimum atomic E-state index is -5.28. The maximum atomic E-state index is 13.5. The molecule has 23 heavy (non-hydrogen) atoms. The zero-order valence-electron chi connectivity index (χ0n) is 11.1. The first kappa shape index (κ1) is 16.9. The van der Waals surface area contributed by atoms with Crippen LogP contribution in [0.4, 0.5) is 22.0 Å². The van der Waals surface area contributed by atoms with E-state index < -0.39 is 44.1 Å². The van der Waals surface area contributed by atoms with Crippen molar-refractivity contribution in [3.63, 3.8) is 0 Å². The molecule has 0 saturated heterocycles. The molecule has 2 aromatic carbocycles. The highest BCUT2D eigenvalue weighted by Gasteiger charge is 2.35. The first-order valence-corrected chi connectivity index (χ1v) is 7.28. The summed E-state index contributed by atoms with van der Waals surface area (Å²) in [5.41, 5.74) is 0.589.